The Bertz CT molecular complexity index is 504. The number of piperidine rings is 1. The Hall–Kier alpha value is -1.08. The molecule has 5 nitrogen and oxygen atoms in total. The van der Waals surface area contributed by atoms with E-state index in [-0.39, 0.29) is 18.4 Å². The zero-order valence-electron chi connectivity index (χ0n) is 12.1. The van der Waals surface area contributed by atoms with Crippen molar-refractivity contribution in [2.24, 2.45) is 0 Å². The first kappa shape index (κ1) is 16.3. The summed E-state index contributed by atoms with van der Waals surface area (Å²) >= 11 is 3.16. The fraction of sp³-hybridized carbons (Fsp3) is 0.643. The van der Waals surface area contributed by atoms with E-state index in [0.29, 0.717) is 12.3 Å². The number of likely N-dealkylation sites (tertiary alicyclic amines) is 1. The quantitative estimate of drug-likeness (QED) is 0.869. The van der Waals surface area contributed by atoms with Gasteiger partial charge in [0, 0.05) is 23.7 Å². The van der Waals surface area contributed by atoms with Crippen LogP contribution in [0.3, 0.4) is 0 Å². The molecule has 0 spiro atoms. The highest BCUT2D eigenvalue weighted by molar-refractivity contribution is 7.99. The van der Waals surface area contributed by atoms with E-state index >= 15 is 0 Å². The van der Waals surface area contributed by atoms with Crippen LogP contribution < -0.4 is 0 Å². The summed E-state index contributed by atoms with van der Waals surface area (Å²) in [5.41, 5.74) is 1.01. The Balaban J connectivity index is 1.81. The number of carbonyl (C=O) groups is 2. The summed E-state index contributed by atoms with van der Waals surface area (Å²) in [6.45, 7) is 2.65. The van der Waals surface area contributed by atoms with Crippen molar-refractivity contribution >= 4 is 35.0 Å². The van der Waals surface area contributed by atoms with Gasteiger partial charge in [0.15, 0.2) is 0 Å². The minimum atomic E-state index is -0.828. The Morgan fingerprint density at radius 2 is 2.33 bits per heavy atom. The monoisotopic (exact) mass is 328 g/mol. The van der Waals surface area contributed by atoms with Gasteiger partial charge < -0.3 is 10.0 Å². The number of rotatable bonds is 6. The number of aliphatic carboxylic acids is 1. The number of nitrogens with zero attached hydrogens (tertiary/aromatic N) is 2. The lowest BCUT2D eigenvalue weighted by atomic mass is 9.99. The maximum atomic E-state index is 12.3. The number of amides is 1. The third-order valence-electron chi connectivity index (χ3n) is 3.50. The third kappa shape index (κ3) is 5.00. The van der Waals surface area contributed by atoms with Crippen LogP contribution in [-0.4, -0.2) is 45.2 Å². The van der Waals surface area contributed by atoms with Crippen molar-refractivity contribution in [2.45, 2.75) is 44.4 Å². The van der Waals surface area contributed by atoms with Gasteiger partial charge in [-0.15, -0.1) is 23.1 Å². The summed E-state index contributed by atoms with van der Waals surface area (Å²) in [6, 6.07) is -0.133. The second kappa shape index (κ2) is 7.79. The Morgan fingerprint density at radius 1 is 1.52 bits per heavy atom. The van der Waals surface area contributed by atoms with Gasteiger partial charge in [-0.25, -0.2) is 4.98 Å². The summed E-state index contributed by atoms with van der Waals surface area (Å²) in [4.78, 5) is 29.3. The molecule has 1 N–H and O–H groups in total. The van der Waals surface area contributed by atoms with Gasteiger partial charge in [-0.05, 0) is 26.2 Å². The van der Waals surface area contributed by atoms with Gasteiger partial charge in [-0.3, -0.25) is 9.59 Å². The molecule has 1 aliphatic heterocycles. The fourth-order valence-corrected chi connectivity index (χ4v) is 4.06. The lowest BCUT2D eigenvalue weighted by molar-refractivity contribution is -0.141. The lowest BCUT2D eigenvalue weighted by Gasteiger charge is -2.35. The van der Waals surface area contributed by atoms with Crippen molar-refractivity contribution in [3.05, 3.63) is 16.1 Å². The molecule has 116 valence electrons. The second-order valence-electron chi connectivity index (χ2n) is 5.19. The standard InChI is InChI=1S/C14H20N2O3S2/c1-10-15-11(8-21-10)7-20-9-13(17)16-5-3-2-4-12(16)6-14(18)19/h8,12H,2-7,9H2,1H3,(H,18,19). The molecule has 0 aromatic carbocycles. The summed E-state index contributed by atoms with van der Waals surface area (Å²) in [5.74, 6) is 0.350. The van der Waals surface area contributed by atoms with E-state index in [1.54, 1.807) is 28.0 Å². The molecule has 2 rings (SSSR count). The van der Waals surface area contributed by atoms with Crippen LogP contribution in [-0.2, 0) is 15.3 Å². The first-order chi connectivity index (χ1) is 10.1. The van der Waals surface area contributed by atoms with Crippen LogP contribution in [0.25, 0.3) is 0 Å². The van der Waals surface area contributed by atoms with E-state index in [4.69, 9.17) is 5.11 Å². The first-order valence-electron chi connectivity index (χ1n) is 7.06. The van der Waals surface area contributed by atoms with Crippen molar-refractivity contribution in [3.63, 3.8) is 0 Å². The fourth-order valence-electron chi connectivity index (χ4n) is 2.54. The van der Waals surface area contributed by atoms with Gasteiger partial charge in [-0.1, -0.05) is 0 Å². The average molecular weight is 328 g/mol. The summed E-state index contributed by atoms with van der Waals surface area (Å²) in [5, 5.41) is 12.0. The zero-order valence-corrected chi connectivity index (χ0v) is 13.7. The molecule has 1 aromatic rings. The number of carboxylic acids is 1. The molecular weight excluding hydrogens is 308 g/mol. The van der Waals surface area contributed by atoms with Crippen molar-refractivity contribution in [2.75, 3.05) is 12.3 Å². The van der Waals surface area contributed by atoms with E-state index in [1.165, 1.54) is 0 Å². The normalized spacial score (nSPS) is 18.7. The predicted molar refractivity (Wildman–Crippen MR) is 84.6 cm³/mol. The van der Waals surface area contributed by atoms with Crippen molar-refractivity contribution < 1.29 is 14.7 Å². The molecule has 7 heteroatoms. The third-order valence-corrected chi connectivity index (χ3v) is 5.27. The van der Waals surface area contributed by atoms with Crippen LogP contribution in [0.2, 0.25) is 0 Å². The maximum Gasteiger partial charge on any atom is 0.305 e. The van der Waals surface area contributed by atoms with Crippen LogP contribution >= 0.6 is 23.1 Å². The minimum absolute atomic E-state index is 0.0536. The average Bonchev–Trinajstić information content (AvgIpc) is 2.84. The van der Waals surface area contributed by atoms with Crippen molar-refractivity contribution in [1.29, 1.82) is 0 Å². The Kier molecular flexibility index (Phi) is 6.05. The predicted octanol–water partition coefficient (Wildman–Crippen LogP) is 2.54. The van der Waals surface area contributed by atoms with Crippen molar-refractivity contribution in [3.8, 4) is 0 Å². The number of hydrogen-bond acceptors (Lipinski definition) is 5. The molecule has 1 saturated heterocycles. The number of carboxylic acid groups (broad SMARTS) is 1. The summed E-state index contributed by atoms with van der Waals surface area (Å²) in [6.07, 6.45) is 2.83. The Morgan fingerprint density at radius 3 is 3.00 bits per heavy atom. The number of thioether (sulfide) groups is 1. The highest BCUT2D eigenvalue weighted by Crippen LogP contribution is 2.22. The number of aromatic nitrogens is 1. The summed E-state index contributed by atoms with van der Waals surface area (Å²) in [7, 11) is 0. The van der Waals surface area contributed by atoms with Crippen LogP contribution in [0.15, 0.2) is 5.38 Å². The highest BCUT2D eigenvalue weighted by atomic mass is 32.2. The van der Waals surface area contributed by atoms with Gasteiger partial charge >= 0.3 is 5.97 Å². The second-order valence-corrected chi connectivity index (χ2v) is 7.23. The van der Waals surface area contributed by atoms with Crippen LogP contribution in [0.5, 0.6) is 0 Å². The minimum Gasteiger partial charge on any atom is -0.481 e. The van der Waals surface area contributed by atoms with Crippen LogP contribution in [0.1, 0.15) is 36.4 Å². The molecule has 0 radical (unpaired) electrons. The van der Waals surface area contributed by atoms with E-state index in [0.717, 1.165) is 35.7 Å². The molecule has 2 heterocycles. The molecule has 1 aromatic heterocycles. The molecule has 0 aliphatic carbocycles. The number of aryl methyl sites for hydroxylation is 1. The van der Waals surface area contributed by atoms with Crippen LogP contribution in [0.4, 0.5) is 0 Å². The van der Waals surface area contributed by atoms with Gasteiger partial charge in [0.25, 0.3) is 0 Å². The lowest BCUT2D eigenvalue weighted by Crippen LogP contribution is -2.45. The van der Waals surface area contributed by atoms with E-state index < -0.39 is 5.97 Å². The van der Waals surface area contributed by atoms with Crippen LogP contribution in [0, 0.1) is 6.92 Å². The van der Waals surface area contributed by atoms with Crippen molar-refractivity contribution in [1.82, 2.24) is 9.88 Å². The van der Waals surface area contributed by atoms with Gasteiger partial charge in [0.05, 0.1) is 22.9 Å². The van der Waals surface area contributed by atoms with Gasteiger partial charge in [0.2, 0.25) is 5.91 Å². The maximum absolute atomic E-state index is 12.3. The number of carbonyl (C=O) groups excluding carboxylic acids is 1. The number of hydrogen-bond donors (Lipinski definition) is 1. The first-order valence-corrected chi connectivity index (χ1v) is 9.09. The van der Waals surface area contributed by atoms with E-state index in [9.17, 15) is 9.59 Å². The molecule has 1 aliphatic rings. The van der Waals surface area contributed by atoms with E-state index in [2.05, 4.69) is 4.98 Å². The number of thiazole rings is 1. The Labute approximate surface area is 132 Å². The smallest absolute Gasteiger partial charge is 0.305 e. The van der Waals surface area contributed by atoms with E-state index in [1.807, 2.05) is 12.3 Å². The molecule has 1 amide bonds. The molecule has 1 fully saturated rings. The molecule has 21 heavy (non-hydrogen) atoms. The largest absolute Gasteiger partial charge is 0.481 e. The molecular formula is C14H20N2O3S2. The zero-order chi connectivity index (χ0) is 15.2. The molecule has 1 atom stereocenters. The molecule has 0 saturated carbocycles. The topological polar surface area (TPSA) is 70.5 Å². The highest BCUT2D eigenvalue weighted by Gasteiger charge is 2.28. The molecule has 1 unspecified atom stereocenters. The van der Waals surface area contributed by atoms with Gasteiger partial charge in [0.1, 0.15) is 0 Å². The van der Waals surface area contributed by atoms with Gasteiger partial charge in [-0.2, -0.15) is 0 Å². The molecule has 0 bridgehead atoms. The summed E-state index contributed by atoms with van der Waals surface area (Å²) < 4.78 is 0. The SMILES string of the molecule is Cc1nc(CSCC(=O)N2CCCCC2CC(=O)O)cs1.